The minimum atomic E-state index is -3.86. The molecule has 0 saturated heterocycles. The molecule has 12 heteroatoms. The molecule has 0 aliphatic rings. The Balaban J connectivity index is 1.48. The normalized spacial score (nSPS) is 11.3. The molecular weight excluding hydrogens is 488 g/mol. The van der Waals surface area contributed by atoms with E-state index in [9.17, 15) is 13.2 Å². The summed E-state index contributed by atoms with van der Waals surface area (Å²) in [5.41, 5.74) is 3.30. The molecule has 2 aromatic carbocycles. The van der Waals surface area contributed by atoms with Crippen molar-refractivity contribution in [2.45, 2.75) is 25.7 Å². The van der Waals surface area contributed by atoms with Gasteiger partial charge < -0.3 is 15.2 Å². The Bertz CT molecular complexity index is 1550. The van der Waals surface area contributed by atoms with Gasteiger partial charge in [-0.2, -0.15) is 0 Å². The molecule has 4 aromatic rings. The molecule has 2 heterocycles. The number of rotatable bonds is 6. The first-order valence-corrected chi connectivity index (χ1v) is 12.5. The summed E-state index contributed by atoms with van der Waals surface area (Å²) in [6.45, 7) is 5.26. The van der Waals surface area contributed by atoms with Crippen LogP contribution < -0.4 is 20.9 Å². The number of sulfonamides is 1. The zero-order valence-electron chi connectivity index (χ0n) is 19.5. The van der Waals surface area contributed by atoms with E-state index in [2.05, 4.69) is 20.5 Å². The summed E-state index contributed by atoms with van der Waals surface area (Å²) in [6.07, 6.45) is 0. The van der Waals surface area contributed by atoms with Crippen LogP contribution in [-0.2, 0) is 17.1 Å². The fourth-order valence-electron chi connectivity index (χ4n) is 3.40. The molecule has 0 amide bonds. The third-order valence-electron chi connectivity index (χ3n) is 5.60. The molecular formula is C23H24N6O4S2. The monoisotopic (exact) mass is 512 g/mol. The van der Waals surface area contributed by atoms with Crippen LogP contribution in [0, 0.1) is 20.8 Å². The number of aryl methyl sites for hydroxylation is 1. The molecule has 3 N–H and O–H groups in total. The van der Waals surface area contributed by atoms with E-state index in [0.29, 0.717) is 28.3 Å². The third-order valence-corrected chi connectivity index (χ3v) is 7.15. The molecule has 35 heavy (non-hydrogen) atoms. The predicted octanol–water partition coefficient (Wildman–Crippen LogP) is 3.70. The molecule has 0 aliphatic carbocycles. The predicted molar refractivity (Wildman–Crippen MR) is 139 cm³/mol. The van der Waals surface area contributed by atoms with Crippen molar-refractivity contribution in [2.24, 2.45) is 7.05 Å². The van der Waals surface area contributed by atoms with Gasteiger partial charge in [-0.05, 0) is 69.4 Å². The number of hydrogen-bond acceptors (Lipinski definition) is 6. The van der Waals surface area contributed by atoms with Gasteiger partial charge in [0, 0.05) is 18.3 Å². The van der Waals surface area contributed by atoms with E-state index in [1.54, 1.807) is 42.4 Å². The second kappa shape index (κ2) is 9.39. The van der Waals surface area contributed by atoms with Gasteiger partial charge in [0.2, 0.25) is 5.88 Å². The summed E-state index contributed by atoms with van der Waals surface area (Å²) in [4.78, 5) is 13.1. The quantitative estimate of drug-likeness (QED) is 0.334. The second-order valence-corrected chi connectivity index (χ2v) is 9.96. The Hall–Kier alpha value is -3.90. The Labute approximate surface area is 207 Å². The van der Waals surface area contributed by atoms with E-state index in [-0.39, 0.29) is 21.5 Å². The number of hydrogen-bond donors (Lipinski definition) is 3. The number of thiocarbonyl (C=S) groups is 1. The van der Waals surface area contributed by atoms with Crippen molar-refractivity contribution in [1.29, 1.82) is 0 Å². The van der Waals surface area contributed by atoms with Crippen LogP contribution in [0.4, 0.5) is 17.3 Å². The lowest BCUT2D eigenvalue weighted by Crippen LogP contribution is -2.25. The second-order valence-electron chi connectivity index (χ2n) is 7.87. The van der Waals surface area contributed by atoms with Crippen molar-refractivity contribution in [3.05, 3.63) is 81.9 Å². The van der Waals surface area contributed by atoms with Crippen LogP contribution in [0.2, 0.25) is 0 Å². The minimum absolute atomic E-state index is 0.0417. The summed E-state index contributed by atoms with van der Waals surface area (Å²) >= 11 is 5.39. The number of benzene rings is 2. The van der Waals surface area contributed by atoms with Crippen molar-refractivity contribution in [1.82, 2.24) is 14.5 Å². The highest BCUT2D eigenvalue weighted by atomic mass is 32.2. The Morgan fingerprint density at radius 1 is 1.00 bits per heavy atom. The summed E-state index contributed by atoms with van der Waals surface area (Å²) in [6, 6.07) is 15.3. The highest BCUT2D eigenvalue weighted by molar-refractivity contribution is 7.92. The molecule has 0 atom stereocenters. The van der Waals surface area contributed by atoms with E-state index in [1.807, 2.05) is 37.3 Å². The first kappa shape index (κ1) is 24.2. The Morgan fingerprint density at radius 3 is 2.26 bits per heavy atom. The third kappa shape index (κ3) is 4.84. The Kier molecular flexibility index (Phi) is 6.50. The topological polar surface area (TPSA) is 123 Å². The molecule has 10 nitrogen and oxygen atoms in total. The minimum Gasteiger partial charge on any atom is -0.337 e. The molecule has 0 spiro atoms. The fourth-order valence-corrected chi connectivity index (χ4v) is 4.66. The van der Waals surface area contributed by atoms with Gasteiger partial charge in [0.25, 0.3) is 15.6 Å². The van der Waals surface area contributed by atoms with Crippen LogP contribution in [0.5, 0.6) is 0 Å². The van der Waals surface area contributed by atoms with Gasteiger partial charge in [-0.25, -0.2) is 17.8 Å². The van der Waals surface area contributed by atoms with Crippen molar-refractivity contribution < 1.29 is 12.9 Å². The number of aromatic nitrogens is 3. The standard InChI is InChI=1S/C23H24N6O4S2/c1-14-15(2)26-33-21(14)27-35(31,32)19-12-10-17(11-13-19)24-23(34)25-20-16(3)28(4)29(22(20)30)18-8-6-5-7-9-18/h5-13,27H,1-4H3,(H2,24,25,34). The number of nitrogens with zero attached hydrogens (tertiary/aromatic N) is 3. The summed E-state index contributed by atoms with van der Waals surface area (Å²) in [5, 5.41) is 9.88. The van der Waals surface area contributed by atoms with Crippen LogP contribution in [0.3, 0.4) is 0 Å². The van der Waals surface area contributed by atoms with Gasteiger partial charge in [-0.3, -0.25) is 9.48 Å². The zero-order valence-corrected chi connectivity index (χ0v) is 21.1. The number of anilines is 3. The van der Waals surface area contributed by atoms with Crippen LogP contribution >= 0.6 is 12.2 Å². The van der Waals surface area contributed by atoms with E-state index < -0.39 is 10.0 Å². The highest BCUT2D eigenvalue weighted by Gasteiger charge is 2.20. The molecule has 0 aliphatic heterocycles. The summed E-state index contributed by atoms with van der Waals surface area (Å²) in [5.74, 6) is 0.0782. The average Bonchev–Trinajstić information content (AvgIpc) is 3.24. The SMILES string of the molecule is Cc1noc(NS(=O)(=O)c2ccc(NC(=S)Nc3c(C)n(C)n(-c4ccccc4)c3=O)cc2)c1C. The van der Waals surface area contributed by atoms with Gasteiger partial charge in [0.15, 0.2) is 5.11 Å². The average molecular weight is 513 g/mol. The smallest absolute Gasteiger partial charge is 0.295 e. The zero-order chi connectivity index (χ0) is 25.3. The molecule has 2 aromatic heterocycles. The van der Waals surface area contributed by atoms with Gasteiger partial charge in [0.1, 0.15) is 5.69 Å². The van der Waals surface area contributed by atoms with E-state index in [0.717, 1.165) is 5.69 Å². The van der Waals surface area contributed by atoms with E-state index >= 15 is 0 Å². The van der Waals surface area contributed by atoms with Crippen molar-refractivity contribution in [3.8, 4) is 5.69 Å². The Morgan fingerprint density at radius 2 is 1.66 bits per heavy atom. The molecule has 0 unspecified atom stereocenters. The van der Waals surface area contributed by atoms with Crippen LogP contribution in [0.1, 0.15) is 17.0 Å². The van der Waals surface area contributed by atoms with E-state index in [1.165, 1.54) is 12.1 Å². The maximum Gasteiger partial charge on any atom is 0.295 e. The van der Waals surface area contributed by atoms with Crippen molar-refractivity contribution in [3.63, 3.8) is 0 Å². The number of para-hydroxylation sites is 1. The summed E-state index contributed by atoms with van der Waals surface area (Å²) in [7, 11) is -2.07. The molecule has 0 bridgehead atoms. The maximum absolute atomic E-state index is 13.0. The lowest BCUT2D eigenvalue weighted by Gasteiger charge is -2.11. The van der Waals surface area contributed by atoms with Gasteiger partial charge in [-0.15, -0.1) is 0 Å². The molecule has 182 valence electrons. The summed E-state index contributed by atoms with van der Waals surface area (Å²) < 4.78 is 36.1. The lowest BCUT2D eigenvalue weighted by atomic mass is 10.3. The van der Waals surface area contributed by atoms with Crippen LogP contribution in [0.15, 0.2) is 68.8 Å². The maximum atomic E-state index is 13.0. The first-order chi connectivity index (χ1) is 16.6. The van der Waals surface area contributed by atoms with Crippen LogP contribution in [-0.4, -0.2) is 28.1 Å². The largest absolute Gasteiger partial charge is 0.337 e. The van der Waals surface area contributed by atoms with E-state index in [4.69, 9.17) is 16.7 Å². The fraction of sp³-hybridized carbons (Fsp3) is 0.174. The molecule has 0 fully saturated rings. The number of nitrogens with one attached hydrogen (secondary N) is 3. The van der Waals surface area contributed by atoms with Gasteiger partial charge in [-0.1, -0.05) is 23.4 Å². The first-order valence-electron chi connectivity index (χ1n) is 10.6. The molecule has 0 radical (unpaired) electrons. The lowest BCUT2D eigenvalue weighted by molar-refractivity contribution is 0.430. The van der Waals surface area contributed by atoms with Crippen molar-refractivity contribution >= 4 is 44.6 Å². The van der Waals surface area contributed by atoms with Gasteiger partial charge >= 0.3 is 0 Å². The van der Waals surface area contributed by atoms with Crippen molar-refractivity contribution in [2.75, 3.05) is 15.4 Å². The molecule has 4 rings (SSSR count). The highest BCUT2D eigenvalue weighted by Crippen LogP contribution is 2.23. The molecule has 0 saturated carbocycles. The van der Waals surface area contributed by atoms with Crippen LogP contribution in [0.25, 0.3) is 5.69 Å². The van der Waals surface area contributed by atoms with Gasteiger partial charge in [0.05, 0.1) is 22.0 Å².